The van der Waals surface area contributed by atoms with Gasteiger partial charge in [0.2, 0.25) is 0 Å². The number of phenolic OH excluding ortho intramolecular Hbond substituents is 1. The van der Waals surface area contributed by atoms with Crippen LogP contribution in [0.3, 0.4) is 0 Å². The van der Waals surface area contributed by atoms with E-state index in [1.807, 2.05) is 18.2 Å². The predicted octanol–water partition coefficient (Wildman–Crippen LogP) is 5.90. The molecule has 0 unspecified atom stereocenters. The second-order valence-electron chi connectivity index (χ2n) is 8.04. The van der Waals surface area contributed by atoms with Crippen LogP contribution in [0.25, 0.3) is 10.8 Å². The molecule has 144 valence electrons. The van der Waals surface area contributed by atoms with E-state index in [9.17, 15) is 9.90 Å². The van der Waals surface area contributed by atoms with Crippen molar-refractivity contribution in [2.75, 3.05) is 7.11 Å². The Kier molecular flexibility index (Phi) is 6.38. The average Bonchev–Trinajstić information content (AvgIpc) is 2.60. The highest BCUT2D eigenvalue weighted by molar-refractivity contribution is 6.90. The molecular weight excluding hydrogens is 352 g/mol. The van der Waals surface area contributed by atoms with E-state index in [-0.39, 0.29) is 5.75 Å². The predicted molar refractivity (Wildman–Crippen MR) is 115 cm³/mol. The molecule has 2 aromatic carbocycles. The Labute approximate surface area is 163 Å². The monoisotopic (exact) mass is 382 g/mol. The van der Waals surface area contributed by atoms with Crippen molar-refractivity contribution in [1.29, 1.82) is 0 Å². The molecule has 0 atom stereocenters. The average molecular weight is 383 g/mol. The minimum absolute atomic E-state index is 0.0590. The van der Waals surface area contributed by atoms with Crippen LogP contribution >= 0.6 is 0 Å². The summed E-state index contributed by atoms with van der Waals surface area (Å²) in [4.78, 5) is 11.8. The van der Waals surface area contributed by atoms with Crippen LogP contribution in [0, 0.1) is 11.5 Å². The quantitative estimate of drug-likeness (QED) is 0.407. The number of aromatic hydroxyl groups is 1. The van der Waals surface area contributed by atoms with Crippen LogP contribution in [0.4, 0.5) is 0 Å². The number of carbonyl (C=O) groups is 1. The first-order chi connectivity index (χ1) is 12.6. The molecule has 0 aliphatic rings. The molecule has 0 aromatic heterocycles. The zero-order valence-corrected chi connectivity index (χ0v) is 18.4. The van der Waals surface area contributed by atoms with Crippen molar-refractivity contribution >= 4 is 24.8 Å². The van der Waals surface area contributed by atoms with Gasteiger partial charge in [0.25, 0.3) is 0 Å². The number of fused-ring (bicyclic) bond motifs is 1. The molecule has 0 heterocycles. The SMILES string of the molecule is COC(=O)c1cc(O)c2c(C#C[Si](C(C)C)(C(C)C)C(C)C)cccc2c1. The van der Waals surface area contributed by atoms with Crippen molar-refractivity contribution in [3.8, 4) is 17.2 Å². The van der Waals surface area contributed by atoms with Crippen molar-refractivity contribution in [3.63, 3.8) is 0 Å². The van der Waals surface area contributed by atoms with Crippen LogP contribution in [0.1, 0.15) is 57.5 Å². The molecule has 0 saturated heterocycles. The van der Waals surface area contributed by atoms with Gasteiger partial charge in [-0.05, 0) is 40.2 Å². The number of methoxy groups -OCH3 is 1. The van der Waals surface area contributed by atoms with Gasteiger partial charge in [0.05, 0.1) is 12.7 Å². The van der Waals surface area contributed by atoms with Gasteiger partial charge in [0.15, 0.2) is 0 Å². The Bertz CT molecular complexity index is 879. The number of benzene rings is 2. The van der Waals surface area contributed by atoms with Crippen LogP contribution in [0.2, 0.25) is 16.6 Å². The summed E-state index contributed by atoms with van der Waals surface area (Å²) in [6, 6.07) is 8.93. The van der Waals surface area contributed by atoms with E-state index in [1.54, 1.807) is 6.07 Å². The highest BCUT2D eigenvalue weighted by atomic mass is 28.3. The number of rotatable bonds is 4. The summed E-state index contributed by atoms with van der Waals surface area (Å²) in [5, 5.41) is 12.0. The Hall–Kier alpha value is -2.25. The summed E-state index contributed by atoms with van der Waals surface area (Å²) < 4.78 is 4.77. The molecule has 0 amide bonds. The molecule has 0 bridgehead atoms. The van der Waals surface area contributed by atoms with Crippen LogP contribution in [0.15, 0.2) is 30.3 Å². The molecule has 0 saturated carbocycles. The van der Waals surface area contributed by atoms with E-state index in [2.05, 4.69) is 53.0 Å². The van der Waals surface area contributed by atoms with Gasteiger partial charge in [0, 0.05) is 10.9 Å². The minimum Gasteiger partial charge on any atom is -0.507 e. The number of esters is 1. The third kappa shape index (κ3) is 3.89. The summed E-state index contributed by atoms with van der Waals surface area (Å²) in [5.41, 5.74) is 6.47. The molecule has 27 heavy (non-hydrogen) atoms. The standard InChI is InChI=1S/C23H30O3Si/c1-15(2)27(16(3)4,17(5)6)12-11-18-9-8-10-19-13-20(23(25)26-7)14-21(24)22(18)19/h8-10,13-17,24H,1-7H3. The van der Waals surface area contributed by atoms with Gasteiger partial charge >= 0.3 is 5.97 Å². The fraction of sp³-hybridized carbons (Fsp3) is 0.435. The molecule has 0 aliphatic heterocycles. The van der Waals surface area contributed by atoms with Crippen LogP contribution in [-0.4, -0.2) is 26.3 Å². The molecule has 0 spiro atoms. The third-order valence-electron chi connectivity index (χ3n) is 5.66. The van der Waals surface area contributed by atoms with Gasteiger partial charge in [-0.1, -0.05) is 59.6 Å². The van der Waals surface area contributed by atoms with Gasteiger partial charge in [-0.3, -0.25) is 0 Å². The Morgan fingerprint density at radius 2 is 1.63 bits per heavy atom. The summed E-state index contributed by atoms with van der Waals surface area (Å²) in [7, 11) is -0.534. The lowest BCUT2D eigenvalue weighted by molar-refractivity contribution is 0.0600. The molecule has 1 N–H and O–H groups in total. The molecule has 2 aromatic rings. The third-order valence-corrected chi connectivity index (χ3v) is 11.9. The second kappa shape index (κ2) is 8.18. The summed E-state index contributed by atoms with van der Waals surface area (Å²) >= 11 is 0. The van der Waals surface area contributed by atoms with Crippen LogP contribution in [0.5, 0.6) is 5.75 Å². The zero-order valence-electron chi connectivity index (χ0n) is 17.4. The number of phenols is 1. The van der Waals surface area contributed by atoms with E-state index in [0.717, 1.165) is 10.9 Å². The largest absolute Gasteiger partial charge is 0.507 e. The topological polar surface area (TPSA) is 46.5 Å². The summed E-state index contributed by atoms with van der Waals surface area (Å²) in [6.45, 7) is 13.7. The Morgan fingerprint density at radius 3 is 2.15 bits per heavy atom. The number of hydrogen-bond acceptors (Lipinski definition) is 3. The van der Waals surface area contributed by atoms with E-state index < -0.39 is 14.0 Å². The normalized spacial score (nSPS) is 11.8. The van der Waals surface area contributed by atoms with E-state index in [0.29, 0.717) is 27.6 Å². The highest BCUT2D eigenvalue weighted by Gasteiger charge is 2.41. The molecule has 0 aliphatic carbocycles. The van der Waals surface area contributed by atoms with Gasteiger partial charge < -0.3 is 9.84 Å². The number of carbonyl (C=O) groups excluding carboxylic acids is 1. The summed E-state index contributed by atoms with van der Waals surface area (Å²) in [6.07, 6.45) is 0. The lowest BCUT2D eigenvalue weighted by Gasteiger charge is -2.38. The first kappa shape index (κ1) is 21.1. The molecule has 3 nitrogen and oxygen atoms in total. The maximum absolute atomic E-state index is 11.8. The van der Waals surface area contributed by atoms with Crippen molar-refractivity contribution in [2.24, 2.45) is 0 Å². The molecule has 4 heteroatoms. The lowest BCUT2D eigenvalue weighted by Crippen LogP contribution is -2.43. The van der Waals surface area contributed by atoms with E-state index in [4.69, 9.17) is 4.74 Å². The molecule has 2 rings (SSSR count). The molecule has 0 fully saturated rings. The Balaban J connectivity index is 2.68. The highest BCUT2D eigenvalue weighted by Crippen LogP contribution is 2.41. The van der Waals surface area contributed by atoms with Crippen molar-refractivity contribution < 1.29 is 14.6 Å². The summed E-state index contributed by atoms with van der Waals surface area (Å²) in [5.74, 6) is 3.01. The maximum atomic E-state index is 11.8. The smallest absolute Gasteiger partial charge is 0.338 e. The van der Waals surface area contributed by atoms with Crippen LogP contribution in [-0.2, 0) is 4.74 Å². The Morgan fingerprint density at radius 1 is 1.04 bits per heavy atom. The molecular formula is C23H30O3Si. The first-order valence-corrected chi connectivity index (χ1v) is 11.8. The van der Waals surface area contributed by atoms with Crippen molar-refractivity contribution in [2.45, 2.75) is 58.2 Å². The fourth-order valence-corrected chi connectivity index (χ4v) is 9.57. The zero-order chi connectivity index (χ0) is 20.4. The van der Waals surface area contributed by atoms with Crippen molar-refractivity contribution in [1.82, 2.24) is 0 Å². The maximum Gasteiger partial charge on any atom is 0.338 e. The van der Waals surface area contributed by atoms with E-state index >= 15 is 0 Å². The minimum atomic E-state index is -1.87. The van der Waals surface area contributed by atoms with Gasteiger partial charge in [-0.25, -0.2) is 4.79 Å². The van der Waals surface area contributed by atoms with E-state index in [1.165, 1.54) is 13.2 Å². The first-order valence-electron chi connectivity index (χ1n) is 9.52. The van der Waals surface area contributed by atoms with Gasteiger partial charge in [-0.15, -0.1) is 5.54 Å². The number of hydrogen-bond donors (Lipinski definition) is 1. The second-order valence-corrected chi connectivity index (χ2v) is 13.6. The van der Waals surface area contributed by atoms with Gasteiger partial charge in [0.1, 0.15) is 13.8 Å². The fourth-order valence-electron chi connectivity index (χ4n) is 4.35. The molecule has 0 radical (unpaired) electrons. The van der Waals surface area contributed by atoms with Crippen molar-refractivity contribution in [3.05, 3.63) is 41.5 Å². The lowest BCUT2D eigenvalue weighted by atomic mass is 10.0. The number of ether oxygens (including phenoxy) is 1. The van der Waals surface area contributed by atoms with Gasteiger partial charge in [-0.2, -0.15) is 0 Å². The van der Waals surface area contributed by atoms with Crippen LogP contribution < -0.4 is 0 Å².